The minimum Gasteiger partial charge on any atom is -0.507 e. The van der Waals surface area contributed by atoms with E-state index in [1.54, 1.807) is 11.3 Å². The van der Waals surface area contributed by atoms with Crippen molar-refractivity contribution >= 4 is 44.2 Å². The van der Waals surface area contributed by atoms with E-state index in [0.717, 1.165) is 50.1 Å². The second kappa shape index (κ2) is 13.1. The third kappa shape index (κ3) is 7.28. The molecule has 0 saturated heterocycles. The van der Waals surface area contributed by atoms with Crippen LogP contribution in [0.25, 0.3) is 42.7 Å². The lowest BCUT2D eigenvalue weighted by atomic mass is 9.79. The number of rotatable bonds is 6. The highest BCUT2D eigenvalue weighted by molar-refractivity contribution is 7.21. The van der Waals surface area contributed by atoms with Crippen LogP contribution in [-0.2, 0) is 22.7 Å². The van der Waals surface area contributed by atoms with E-state index in [2.05, 4.69) is 161 Å². The molecule has 0 aliphatic heterocycles. The van der Waals surface area contributed by atoms with Crippen LogP contribution >= 0.6 is 11.3 Å². The normalized spacial score (nSPS) is 13.0. The lowest BCUT2D eigenvalue weighted by Crippen LogP contribution is -2.17. The molecule has 4 heteroatoms. The van der Waals surface area contributed by atoms with Gasteiger partial charge in [-0.05, 0) is 80.5 Å². The fourth-order valence-corrected chi connectivity index (χ4v) is 7.65. The quantitative estimate of drug-likeness (QED) is 0.178. The molecule has 0 atom stereocenters. The Bertz CT molecular complexity index is 2230. The van der Waals surface area contributed by atoms with E-state index in [1.807, 2.05) is 6.21 Å². The number of hydrogen-bond donors (Lipinski definition) is 1. The van der Waals surface area contributed by atoms with Crippen LogP contribution < -0.4 is 0 Å². The van der Waals surface area contributed by atoms with Crippen LogP contribution in [0.2, 0.25) is 0 Å². The van der Waals surface area contributed by atoms with Crippen LogP contribution in [0.15, 0.2) is 89.9 Å². The maximum absolute atomic E-state index is 11.6. The van der Waals surface area contributed by atoms with E-state index in [9.17, 15) is 5.11 Å². The van der Waals surface area contributed by atoms with Crippen molar-refractivity contribution in [3.05, 3.63) is 113 Å². The first-order chi connectivity index (χ1) is 23.4. The number of aromatic hydroxyl groups is 1. The smallest absolute Gasteiger partial charge is 0.128 e. The van der Waals surface area contributed by atoms with Crippen LogP contribution in [0.4, 0.5) is 5.69 Å². The Morgan fingerprint density at radius 1 is 0.740 bits per heavy atom. The van der Waals surface area contributed by atoms with Crippen LogP contribution in [0.3, 0.4) is 0 Å². The Morgan fingerprint density at radius 3 is 2.12 bits per heavy atom. The van der Waals surface area contributed by atoms with Gasteiger partial charge in [0.25, 0.3) is 0 Å². The molecule has 6 aromatic rings. The largest absolute Gasteiger partial charge is 0.507 e. The number of thiazole rings is 1. The standard InChI is InChI=1S/C46H52N2OS/c1-28(2)21-29-15-14-17-31(22-29)37-24-34(45(6,7)8)26-39-41(37)48-43(50-39)36-20-19-30-16-12-13-18-35(30)40(36)47-27-32-23-33(44(3,4)5)25-38(42(32)49)46(9,10)11/h12-20,22-28,49H,21H2,1-11H3. The van der Waals surface area contributed by atoms with Crippen molar-refractivity contribution in [3.63, 3.8) is 0 Å². The highest BCUT2D eigenvalue weighted by atomic mass is 32.1. The maximum atomic E-state index is 11.6. The Morgan fingerprint density at radius 2 is 1.44 bits per heavy atom. The van der Waals surface area contributed by atoms with Crippen molar-refractivity contribution in [1.29, 1.82) is 0 Å². The summed E-state index contributed by atoms with van der Waals surface area (Å²) in [5, 5.41) is 14.7. The lowest BCUT2D eigenvalue weighted by molar-refractivity contribution is 0.444. The number of fused-ring (bicyclic) bond motifs is 2. The van der Waals surface area contributed by atoms with Crippen LogP contribution in [0, 0.1) is 5.92 Å². The molecule has 0 amide bonds. The van der Waals surface area contributed by atoms with Gasteiger partial charge in [0.1, 0.15) is 10.8 Å². The summed E-state index contributed by atoms with van der Waals surface area (Å²) in [6.07, 6.45) is 2.89. The molecule has 0 aliphatic carbocycles. The summed E-state index contributed by atoms with van der Waals surface area (Å²) in [7, 11) is 0. The first kappa shape index (κ1) is 35.5. The van der Waals surface area contributed by atoms with Gasteiger partial charge in [-0.3, -0.25) is 4.99 Å². The Kier molecular flexibility index (Phi) is 9.33. The van der Waals surface area contributed by atoms with E-state index in [-0.39, 0.29) is 22.0 Å². The average molecular weight is 681 g/mol. The third-order valence-corrected chi connectivity index (χ3v) is 10.6. The van der Waals surface area contributed by atoms with Gasteiger partial charge >= 0.3 is 0 Å². The van der Waals surface area contributed by atoms with Gasteiger partial charge in [-0.15, -0.1) is 11.3 Å². The van der Waals surface area contributed by atoms with Crippen LogP contribution in [-0.4, -0.2) is 16.3 Å². The topological polar surface area (TPSA) is 45.5 Å². The molecular formula is C46H52N2OS. The van der Waals surface area contributed by atoms with E-state index >= 15 is 0 Å². The number of phenols is 1. The SMILES string of the molecule is CC(C)Cc1cccc(-c2cc(C(C)(C)C)cc3sc(-c4ccc5ccccc5c4N=Cc4cc(C(C)(C)C)cc(C(C)(C)C)c4O)nc23)c1. The summed E-state index contributed by atoms with van der Waals surface area (Å²) < 4.78 is 1.17. The molecule has 1 heterocycles. The Labute approximate surface area is 303 Å². The zero-order valence-corrected chi connectivity index (χ0v) is 32.5. The van der Waals surface area contributed by atoms with Gasteiger partial charge in [0.2, 0.25) is 0 Å². The highest BCUT2D eigenvalue weighted by Gasteiger charge is 2.25. The third-order valence-electron chi connectivity index (χ3n) is 9.52. The summed E-state index contributed by atoms with van der Waals surface area (Å²) >= 11 is 1.73. The molecule has 0 bridgehead atoms. The fourth-order valence-electron chi connectivity index (χ4n) is 6.60. The van der Waals surface area contributed by atoms with Gasteiger partial charge in [0.15, 0.2) is 0 Å². The first-order valence-electron chi connectivity index (χ1n) is 17.9. The van der Waals surface area contributed by atoms with Crippen molar-refractivity contribution in [1.82, 2.24) is 4.98 Å². The minimum atomic E-state index is -0.225. The van der Waals surface area contributed by atoms with E-state index < -0.39 is 0 Å². The number of aliphatic imine (C=N–C) groups is 1. The molecule has 0 radical (unpaired) electrons. The zero-order chi connectivity index (χ0) is 36.2. The van der Waals surface area contributed by atoms with Crippen molar-refractivity contribution in [2.24, 2.45) is 10.9 Å². The van der Waals surface area contributed by atoms with Crippen molar-refractivity contribution in [2.75, 3.05) is 0 Å². The van der Waals surface area contributed by atoms with Gasteiger partial charge in [0.05, 0.1) is 15.9 Å². The van der Waals surface area contributed by atoms with Crippen molar-refractivity contribution in [2.45, 2.75) is 98.8 Å². The molecule has 1 aromatic heterocycles. The van der Waals surface area contributed by atoms with Crippen molar-refractivity contribution < 1.29 is 5.11 Å². The molecule has 0 fully saturated rings. The molecule has 3 nitrogen and oxygen atoms in total. The number of benzene rings is 5. The highest BCUT2D eigenvalue weighted by Crippen LogP contribution is 2.44. The molecule has 1 N–H and O–H groups in total. The monoisotopic (exact) mass is 680 g/mol. The van der Waals surface area contributed by atoms with Crippen molar-refractivity contribution in [3.8, 4) is 27.4 Å². The minimum absolute atomic E-state index is 0.0173. The molecule has 258 valence electrons. The molecule has 0 spiro atoms. The summed E-state index contributed by atoms with van der Waals surface area (Å²) in [6.45, 7) is 24.4. The summed E-state index contributed by atoms with van der Waals surface area (Å²) in [6, 6.07) is 30.6. The first-order valence-corrected chi connectivity index (χ1v) is 18.7. The predicted octanol–water partition coefficient (Wildman–Crippen LogP) is 13.3. The molecule has 6 rings (SSSR count). The van der Waals surface area contributed by atoms with Gasteiger partial charge in [-0.1, -0.05) is 137 Å². The molecular weight excluding hydrogens is 629 g/mol. The zero-order valence-electron chi connectivity index (χ0n) is 31.7. The van der Waals surface area contributed by atoms with Gasteiger partial charge in [0, 0.05) is 33.9 Å². The second-order valence-corrected chi connectivity index (χ2v) is 18.4. The Balaban J connectivity index is 1.57. The average Bonchev–Trinajstić information content (AvgIpc) is 3.46. The molecule has 0 unspecified atom stereocenters. The number of nitrogens with zero attached hydrogens (tertiary/aromatic N) is 2. The van der Waals surface area contributed by atoms with E-state index in [4.69, 9.17) is 9.98 Å². The molecule has 0 aliphatic rings. The van der Waals surface area contributed by atoms with Crippen LogP contribution in [0.1, 0.15) is 104 Å². The number of aromatic nitrogens is 1. The summed E-state index contributed by atoms with van der Waals surface area (Å²) in [4.78, 5) is 10.6. The summed E-state index contributed by atoms with van der Waals surface area (Å²) in [5.74, 6) is 0.872. The molecule has 0 saturated carbocycles. The summed E-state index contributed by atoms with van der Waals surface area (Å²) in [5.41, 5.74) is 10.4. The maximum Gasteiger partial charge on any atom is 0.128 e. The van der Waals surface area contributed by atoms with E-state index in [1.165, 1.54) is 32.5 Å². The van der Waals surface area contributed by atoms with Gasteiger partial charge in [-0.2, -0.15) is 0 Å². The molecule has 5 aromatic carbocycles. The fraction of sp³-hybridized carbons (Fsp3) is 0.348. The molecule has 50 heavy (non-hydrogen) atoms. The Hall–Kier alpha value is -4.28. The number of phenolic OH excluding ortho intramolecular Hbond substituents is 1. The number of hydrogen-bond acceptors (Lipinski definition) is 4. The van der Waals surface area contributed by atoms with Gasteiger partial charge < -0.3 is 5.11 Å². The van der Waals surface area contributed by atoms with Crippen LogP contribution in [0.5, 0.6) is 5.75 Å². The lowest BCUT2D eigenvalue weighted by Gasteiger charge is -2.27. The van der Waals surface area contributed by atoms with Gasteiger partial charge in [-0.25, -0.2) is 4.98 Å². The predicted molar refractivity (Wildman–Crippen MR) is 218 cm³/mol. The second-order valence-electron chi connectivity index (χ2n) is 17.3. The van der Waals surface area contributed by atoms with E-state index in [0.29, 0.717) is 5.92 Å².